The van der Waals surface area contributed by atoms with Gasteiger partial charge in [0.2, 0.25) is 0 Å². The quantitative estimate of drug-likeness (QED) is 0.942. The number of rotatable bonds is 4. The lowest BCUT2D eigenvalue weighted by Crippen LogP contribution is -2.23. The van der Waals surface area contributed by atoms with Gasteiger partial charge in [-0.1, -0.05) is 22.9 Å². The van der Waals surface area contributed by atoms with Crippen LogP contribution in [0, 0.1) is 0 Å². The van der Waals surface area contributed by atoms with Crippen LogP contribution in [0.15, 0.2) is 22.7 Å². The van der Waals surface area contributed by atoms with Gasteiger partial charge in [-0.2, -0.15) is 0 Å². The monoisotopic (exact) mass is 295 g/mol. The van der Waals surface area contributed by atoms with Crippen LogP contribution in [0.5, 0.6) is 0 Å². The van der Waals surface area contributed by atoms with Crippen molar-refractivity contribution in [3.8, 4) is 0 Å². The summed E-state index contributed by atoms with van der Waals surface area (Å²) >= 11 is 3.48. The molecule has 2 N–H and O–H groups in total. The number of hydrogen-bond donors (Lipinski definition) is 1. The highest BCUT2D eigenvalue weighted by atomic mass is 79.9. The van der Waals surface area contributed by atoms with Gasteiger partial charge in [-0.05, 0) is 31.5 Å². The van der Waals surface area contributed by atoms with E-state index in [2.05, 4.69) is 57.5 Å². The summed E-state index contributed by atoms with van der Waals surface area (Å²) in [4.78, 5) is 4.69. The van der Waals surface area contributed by atoms with Crippen molar-refractivity contribution >= 4 is 27.0 Å². The van der Waals surface area contributed by atoms with E-state index in [0.29, 0.717) is 0 Å². The van der Waals surface area contributed by atoms with E-state index in [1.807, 2.05) is 0 Å². The normalized spacial score (nSPS) is 13.2. The van der Waals surface area contributed by atoms with Crippen LogP contribution in [0.3, 0.4) is 0 Å². The molecule has 1 heterocycles. The summed E-state index contributed by atoms with van der Waals surface area (Å²) < 4.78 is 3.31. The van der Waals surface area contributed by atoms with E-state index in [9.17, 15) is 0 Å². The molecule has 0 spiro atoms. The minimum absolute atomic E-state index is 0.195. The molecule has 0 saturated carbocycles. The molecule has 0 aliphatic rings. The van der Waals surface area contributed by atoms with Crippen molar-refractivity contribution in [1.29, 1.82) is 0 Å². The molecule has 3 nitrogen and oxygen atoms in total. The summed E-state index contributed by atoms with van der Waals surface area (Å²) in [6, 6.07) is 6.42. The number of benzene rings is 1. The van der Waals surface area contributed by atoms with Gasteiger partial charge in [0.15, 0.2) is 0 Å². The third kappa shape index (κ3) is 2.53. The summed E-state index contributed by atoms with van der Waals surface area (Å²) in [5, 5.41) is 0. The highest BCUT2D eigenvalue weighted by Gasteiger charge is 2.12. The van der Waals surface area contributed by atoms with E-state index in [1.54, 1.807) is 0 Å². The largest absolute Gasteiger partial charge is 0.328 e. The zero-order chi connectivity index (χ0) is 12.4. The highest BCUT2D eigenvalue weighted by molar-refractivity contribution is 9.10. The number of fused-ring (bicyclic) bond motifs is 1. The van der Waals surface area contributed by atoms with E-state index in [1.165, 1.54) is 5.52 Å². The Labute approximate surface area is 110 Å². The first kappa shape index (κ1) is 12.6. The first-order chi connectivity index (χ1) is 8.15. The van der Waals surface area contributed by atoms with E-state index < -0.39 is 0 Å². The first-order valence-corrected chi connectivity index (χ1v) is 6.85. The molecule has 1 aromatic carbocycles. The molecular weight excluding hydrogens is 278 g/mol. The predicted molar refractivity (Wildman–Crippen MR) is 75.1 cm³/mol. The van der Waals surface area contributed by atoms with Gasteiger partial charge in [-0.3, -0.25) is 0 Å². The maximum absolute atomic E-state index is 6.02. The number of halogens is 1. The number of imidazole rings is 1. The fourth-order valence-electron chi connectivity index (χ4n) is 2.04. The van der Waals surface area contributed by atoms with E-state index in [4.69, 9.17) is 5.73 Å². The third-order valence-electron chi connectivity index (χ3n) is 3.07. The van der Waals surface area contributed by atoms with E-state index >= 15 is 0 Å². The number of hydrogen-bond acceptors (Lipinski definition) is 2. The molecule has 1 aromatic heterocycles. The van der Waals surface area contributed by atoms with Crippen molar-refractivity contribution in [2.45, 2.75) is 39.3 Å². The molecule has 4 heteroatoms. The molecule has 1 unspecified atom stereocenters. The van der Waals surface area contributed by atoms with Gasteiger partial charge in [0.25, 0.3) is 0 Å². The van der Waals surface area contributed by atoms with Crippen LogP contribution in [0.4, 0.5) is 0 Å². The summed E-state index contributed by atoms with van der Waals surface area (Å²) in [5.41, 5.74) is 8.25. The molecule has 0 saturated heterocycles. The SMILES string of the molecule is CCC(N)Cc1nc2cc(Br)ccc2n1CC. The molecule has 0 aliphatic heterocycles. The molecule has 0 radical (unpaired) electrons. The molecule has 92 valence electrons. The Morgan fingerprint density at radius 2 is 2.18 bits per heavy atom. The lowest BCUT2D eigenvalue weighted by atomic mass is 10.1. The van der Waals surface area contributed by atoms with E-state index in [0.717, 1.165) is 35.2 Å². The molecule has 0 aliphatic carbocycles. The average Bonchev–Trinajstić information content (AvgIpc) is 2.64. The Kier molecular flexibility index (Phi) is 3.84. The maximum atomic E-state index is 6.02. The Morgan fingerprint density at radius 1 is 1.41 bits per heavy atom. The van der Waals surface area contributed by atoms with Gasteiger partial charge in [0.1, 0.15) is 5.82 Å². The van der Waals surface area contributed by atoms with Crippen LogP contribution in [0.1, 0.15) is 26.1 Å². The van der Waals surface area contributed by atoms with Crippen molar-refractivity contribution in [3.63, 3.8) is 0 Å². The fourth-order valence-corrected chi connectivity index (χ4v) is 2.39. The van der Waals surface area contributed by atoms with Gasteiger partial charge < -0.3 is 10.3 Å². The molecule has 17 heavy (non-hydrogen) atoms. The van der Waals surface area contributed by atoms with Crippen molar-refractivity contribution < 1.29 is 0 Å². The smallest absolute Gasteiger partial charge is 0.111 e. The topological polar surface area (TPSA) is 43.8 Å². The number of nitrogens with zero attached hydrogens (tertiary/aromatic N) is 2. The van der Waals surface area contributed by atoms with Crippen molar-refractivity contribution in [2.24, 2.45) is 5.73 Å². The maximum Gasteiger partial charge on any atom is 0.111 e. The average molecular weight is 296 g/mol. The minimum Gasteiger partial charge on any atom is -0.328 e. The third-order valence-corrected chi connectivity index (χ3v) is 3.57. The standard InChI is InChI=1S/C13H18BrN3/c1-3-10(15)8-13-16-11-7-9(14)5-6-12(11)17(13)4-2/h5-7,10H,3-4,8,15H2,1-2H3. The Balaban J connectivity index is 2.48. The van der Waals surface area contributed by atoms with Crippen molar-refractivity contribution in [1.82, 2.24) is 9.55 Å². The number of aromatic nitrogens is 2. The van der Waals surface area contributed by atoms with Crippen LogP contribution in [-0.2, 0) is 13.0 Å². The van der Waals surface area contributed by atoms with Crippen LogP contribution in [0.25, 0.3) is 11.0 Å². The van der Waals surface area contributed by atoms with Crippen molar-refractivity contribution in [3.05, 3.63) is 28.5 Å². The van der Waals surface area contributed by atoms with Crippen LogP contribution >= 0.6 is 15.9 Å². The van der Waals surface area contributed by atoms with Gasteiger partial charge in [0.05, 0.1) is 11.0 Å². The molecule has 1 atom stereocenters. The van der Waals surface area contributed by atoms with Gasteiger partial charge >= 0.3 is 0 Å². The minimum atomic E-state index is 0.195. The second-order valence-corrected chi connectivity index (χ2v) is 5.19. The van der Waals surface area contributed by atoms with Crippen LogP contribution in [-0.4, -0.2) is 15.6 Å². The lowest BCUT2D eigenvalue weighted by molar-refractivity contribution is 0.597. The Morgan fingerprint density at radius 3 is 2.82 bits per heavy atom. The molecule has 0 amide bonds. The zero-order valence-corrected chi connectivity index (χ0v) is 11.9. The summed E-state index contributed by atoms with van der Waals surface area (Å²) in [6.45, 7) is 5.19. The van der Waals surface area contributed by atoms with E-state index in [-0.39, 0.29) is 6.04 Å². The summed E-state index contributed by atoms with van der Waals surface area (Å²) in [5.74, 6) is 1.09. The highest BCUT2D eigenvalue weighted by Crippen LogP contribution is 2.21. The number of aryl methyl sites for hydroxylation is 1. The lowest BCUT2D eigenvalue weighted by Gasteiger charge is -2.10. The van der Waals surface area contributed by atoms with Crippen molar-refractivity contribution in [2.75, 3.05) is 0 Å². The molecule has 2 aromatic rings. The molecule has 0 bridgehead atoms. The Hall–Kier alpha value is -0.870. The van der Waals surface area contributed by atoms with Gasteiger partial charge in [-0.25, -0.2) is 4.98 Å². The number of nitrogens with two attached hydrogens (primary N) is 1. The fraction of sp³-hybridized carbons (Fsp3) is 0.462. The summed E-state index contributed by atoms with van der Waals surface area (Å²) in [7, 11) is 0. The first-order valence-electron chi connectivity index (χ1n) is 6.06. The van der Waals surface area contributed by atoms with Gasteiger partial charge in [-0.15, -0.1) is 0 Å². The summed E-state index contributed by atoms with van der Waals surface area (Å²) in [6.07, 6.45) is 1.83. The predicted octanol–water partition coefficient (Wildman–Crippen LogP) is 3.10. The van der Waals surface area contributed by atoms with Gasteiger partial charge in [0, 0.05) is 23.5 Å². The molecular formula is C13H18BrN3. The molecule has 0 fully saturated rings. The Bertz CT molecular complexity index is 519. The zero-order valence-electron chi connectivity index (χ0n) is 10.3. The second kappa shape index (κ2) is 5.19. The second-order valence-electron chi connectivity index (χ2n) is 4.28. The van der Waals surface area contributed by atoms with Crippen LogP contribution < -0.4 is 5.73 Å². The molecule has 2 rings (SSSR count). The van der Waals surface area contributed by atoms with Crippen LogP contribution in [0.2, 0.25) is 0 Å².